The fraction of sp³-hybridized carbons (Fsp3) is 0.650. The summed E-state index contributed by atoms with van der Waals surface area (Å²) in [6, 6.07) is 8.65. The molecule has 2 saturated carbocycles. The number of hydrogen-bond donors (Lipinski definition) is 2. The number of ether oxygens (including phenoxy) is 1. The van der Waals surface area contributed by atoms with Crippen molar-refractivity contribution in [2.45, 2.75) is 51.0 Å². The van der Waals surface area contributed by atoms with Crippen molar-refractivity contribution in [2.24, 2.45) is 10.4 Å². The SMILES string of the molecule is CCNC(=NCC1(CCOC)CCC1)NC1CC1c1cccc(Cl)c1. The highest BCUT2D eigenvalue weighted by Gasteiger charge is 2.40. The molecule has 0 amide bonds. The van der Waals surface area contributed by atoms with Crippen molar-refractivity contribution in [1.29, 1.82) is 0 Å². The second-order valence-electron chi connectivity index (χ2n) is 7.44. The Morgan fingerprint density at radius 2 is 2.24 bits per heavy atom. The summed E-state index contributed by atoms with van der Waals surface area (Å²) >= 11 is 6.12. The van der Waals surface area contributed by atoms with Crippen molar-refractivity contribution in [3.05, 3.63) is 34.9 Å². The average molecular weight is 364 g/mol. The van der Waals surface area contributed by atoms with Crippen LogP contribution in [0.4, 0.5) is 0 Å². The highest BCUT2D eigenvalue weighted by molar-refractivity contribution is 6.30. The van der Waals surface area contributed by atoms with Gasteiger partial charge in [-0.05, 0) is 55.7 Å². The molecule has 2 aliphatic carbocycles. The summed E-state index contributed by atoms with van der Waals surface area (Å²) in [7, 11) is 1.78. The second kappa shape index (κ2) is 8.41. The van der Waals surface area contributed by atoms with Crippen LogP contribution in [0.5, 0.6) is 0 Å². The number of benzene rings is 1. The number of aliphatic imine (C=N–C) groups is 1. The summed E-state index contributed by atoms with van der Waals surface area (Å²) in [5, 5.41) is 7.81. The van der Waals surface area contributed by atoms with Gasteiger partial charge < -0.3 is 15.4 Å². The fourth-order valence-electron chi connectivity index (χ4n) is 3.69. The zero-order valence-electron chi connectivity index (χ0n) is 15.4. The van der Waals surface area contributed by atoms with Crippen LogP contribution in [0, 0.1) is 5.41 Å². The predicted molar refractivity (Wildman–Crippen MR) is 104 cm³/mol. The third kappa shape index (κ3) is 4.89. The topological polar surface area (TPSA) is 45.7 Å². The molecule has 5 heteroatoms. The van der Waals surface area contributed by atoms with E-state index < -0.39 is 0 Å². The van der Waals surface area contributed by atoms with Crippen LogP contribution in [-0.2, 0) is 4.74 Å². The van der Waals surface area contributed by atoms with Crippen LogP contribution in [0.25, 0.3) is 0 Å². The van der Waals surface area contributed by atoms with Gasteiger partial charge in [0.15, 0.2) is 5.96 Å². The quantitative estimate of drug-likeness (QED) is 0.543. The predicted octanol–water partition coefficient (Wildman–Crippen LogP) is 3.96. The van der Waals surface area contributed by atoms with Gasteiger partial charge in [-0.2, -0.15) is 0 Å². The van der Waals surface area contributed by atoms with Gasteiger partial charge in [0.05, 0.1) is 0 Å². The number of guanidine groups is 1. The van der Waals surface area contributed by atoms with Gasteiger partial charge in [0, 0.05) is 43.8 Å². The molecule has 1 aromatic carbocycles. The molecule has 2 N–H and O–H groups in total. The van der Waals surface area contributed by atoms with E-state index in [-0.39, 0.29) is 0 Å². The summed E-state index contributed by atoms with van der Waals surface area (Å²) in [6.45, 7) is 4.72. The van der Waals surface area contributed by atoms with Crippen LogP contribution in [0.2, 0.25) is 5.02 Å². The standard InChI is InChI=1S/C20H30ClN3O/c1-3-22-19(23-14-20(8-5-9-20)10-11-25-2)24-18-13-17(18)15-6-4-7-16(21)12-15/h4,6-7,12,17-18H,3,5,8-11,13-14H2,1-2H3,(H2,22,23,24). The molecule has 0 aliphatic heterocycles. The Morgan fingerprint density at radius 3 is 2.88 bits per heavy atom. The van der Waals surface area contributed by atoms with Gasteiger partial charge in [-0.1, -0.05) is 30.2 Å². The van der Waals surface area contributed by atoms with Gasteiger partial charge in [0.2, 0.25) is 0 Å². The Labute approximate surface area is 156 Å². The molecule has 2 atom stereocenters. The van der Waals surface area contributed by atoms with E-state index in [9.17, 15) is 0 Å². The van der Waals surface area contributed by atoms with Crippen molar-refractivity contribution >= 4 is 17.6 Å². The van der Waals surface area contributed by atoms with Gasteiger partial charge in [0.25, 0.3) is 0 Å². The lowest BCUT2D eigenvalue weighted by Gasteiger charge is -2.40. The van der Waals surface area contributed by atoms with Gasteiger partial charge in [-0.25, -0.2) is 0 Å². The van der Waals surface area contributed by atoms with E-state index in [2.05, 4.69) is 29.7 Å². The number of nitrogens with zero attached hydrogens (tertiary/aromatic N) is 1. The van der Waals surface area contributed by atoms with E-state index in [1.54, 1.807) is 7.11 Å². The summed E-state index contributed by atoms with van der Waals surface area (Å²) in [4.78, 5) is 4.90. The van der Waals surface area contributed by atoms with Crippen molar-refractivity contribution in [3.63, 3.8) is 0 Å². The molecule has 3 rings (SSSR count). The average Bonchev–Trinajstić information content (AvgIpc) is 3.33. The summed E-state index contributed by atoms with van der Waals surface area (Å²) < 4.78 is 5.28. The number of halogens is 1. The van der Waals surface area contributed by atoms with E-state index in [0.29, 0.717) is 17.4 Å². The summed E-state index contributed by atoms with van der Waals surface area (Å²) in [5.41, 5.74) is 1.67. The van der Waals surface area contributed by atoms with Gasteiger partial charge >= 0.3 is 0 Å². The zero-order valence-corrected chi connectivity index (χ0v) is 16.1. The third-order valence-electron chi connectivity index (χ3n) is 5.56. The first-order valence-corrected chi connectivity index (χ1v) is 9.83. The molecule has 0 aromatic heterocycles. The highest BCUT2D eigenvalue weighted by Crippen LogP contribution is 2.44. The summed E-state index contributed by atoms with van der Waals surface area (Å²) in [6.07, 6.45) is 6.12. The van der Waals surface area contributed by atoms with Crippen LogP contribution in [-0.4, -0.2) is 38.8 Å². The van der Waals surface area contributed by atoms with Crippen molar-refractivity contribution in [2.75, 3.05) is 26.8 Å². The van der Waals surface area contributed by atoms with E-state index in [4.69, 9.17) is 21.3 Å². The lowest BCUT2D eigenvalue weighted by Crippen LogP contribution is -2.41. The van der Waals surface area contributed by atoms with Crippen LogP contribution >= 0.6 is 11.6 Å². The first-order chi connectivity index (χ1) is 12.2. The molecule has 2 unspecified atom stereocenters. The molecular weight excluding hydrogens is 334 g/mol. The maximum atomic E-state index is 6.12. The molecule has 0 saturated heterocycles. The van der Waals surface area contributed by atoms with Gasteiger partial charge in [-0.3, -0.25) is 4.99 Å². The normalized spacial score (nSPS) is 24.5. The summed E-state index contributed by atoms with van der Waals surface area (Å²) in [5.74, 6) is 1.48. The van der Waals surface area contributed by atoms with Crippen molar-refractivity contribution in [1.82, 2.24) is 10.6 Å². The Morgan fingerprint density at radius 1 is 1.40 bits per heavy atom. The Hall–Kier alpha value is -1.26. The smallest absolute Gasteiger partial charge is 0.191 e. The van der Waals surface area contributed by atoms with E-state index in [0.717, 1.165) is 43.5 Å². The first-order valence-electron chi connectivity index (χ1n) is 9.45. The molecule has 2 fully saturated rings. The minimum Gasteiger partial charge on any atom is -0.385 e. The minimum absolute atomic E-state index is 0.355. The molecule has 1 aromatic rings. The zero-order chi connectivity index (χ0) is 17.7. The molecule has 0 radical (unpaired) electrons. The maximum Gasteiger partial charge on any atom is 0.191 e. The third-order valence-corrected chi connectivity index (χ3v) is 5.79. The molecule has 0 bridgehead atoms. The lowest BCUT2D eigenvalue weighted by molar-refractivity contribution is 0.0778. The Bertz CT molecular complexity index is 600. The van der Waals surface area contributed by atoms with Gasteiger partial charge in [0.1, 0.15) is 0 Å². The second-order valence-corrected chi connectivity index (χ2v) is 7.88. The van der Waals surface area contributed by atoms with Crippen molar-refractivity contribution < 1.29 is 4.74 Å². The Balaban J connectivity index is 1.56. The number of nitrogens with one attached hydrogen (secondary N) is 2. The fourth-order valence-corrected chi connectivity index (χ4v) is 3.88. The van der Waals surface area contributed by atoms with Crippen LogP contribution in [0.1, 0.15) is 50.5 Å². The minimum atomic E-state index is 0.355. The molecule has 4 nitrogen and oxygen atoms in total. The largest absolute Gasteiger partial charge is 0.385 e. The lowest BCUT2D eigenvalue weighted by atomic mass is 9.67. The maximum absolute atomic E-state index is 6.12. The van der Waals surface area contributed by atoms with E-state index >= 15 is 0 Å². The number of hydrogen-bond acceptors (Lipinski definition) is 2. The highest BCUT2D eigenvalue weighted by atomic mass is 35.5. The molecule has 0 spiro atoms. The van der Waals surface area contributed by atoms with E-state index in [1.807, 2.05) is 12.1 Å². The van der Waals surface area contributed by atoms with Crippen LogP contribution in [0.15, 0.2) is 29.3 Å². The Kier molecular flexibility index (Phi) is 6.24. The molecular formula is C20H30ClN3O. The van der Waals surface area contributed by atoms with E-state index in [1.165, 1.54) is 24.8 Å². The molecule has 138 valence electrons. The number of methoxy groups -OCH3 is 1. The van der Waals surface area contributed by atoms with Gasteiger partial charge in [-0.15, -0.1) is 0 Å². The first kappa shape index (κ1) is 18.5. The number of rotatable bonds is 8. The molecule has 2 aliphatic rings. The van der Waals surface area contributed by atoms with Crippen LogP contribution < -0.4 is 10.6 Å². The molecule has 0 heterocycles. The van der Waals surface area contributed by atoms with Crippen LogP contribution in [0.3, 0.4) is 0 Å². The van der Waals surface area contributed by atoms with Crippen molar-refractivity contribution in [3.8, 4) is 0 Å². The monoisotopic (exact) mass is 363 g/mol. The molecule has 25 heavy (non-hydrogen) atoms.